The van der Waals surface area contributed by atoms with E-state index in [1.165, 1.54) is 11.3 Å². The number of carbonyl (C=O) groups excluding carboxylic acids is 1. The van der Waals surface area contributed by atoms with Gasteiger partial charge in [-0.3, -0.25) is 9.78 Å². The summed E-state index contributed by atoms with van der Waals surface area (Å²) in [6.45, 7) is 0. The molecule has 2 aromatic heterocycles. The molecule has 0 radical (unpaired) electrons. The fourth-order valence-electron chi connectivity index (χ4n) is 2.41. The van der Waals surface area contributed by atoms with Crippen molar-refractivity contribution in [2.24, 2.45) is 5.92 Å². The molecule has 1 fully saturated rings. The molecule has 0 aliphatic heterocycles. The molecule has 1 aliphatic rings. The molecule has 1 amide bonds. The van der Waals surface area contributed by atoms with E-state index in [9.17, 15) is 4.79 Å². The van der Waals surface area contributed by atoms with Gasteiger partial charge in [-0.25, -0.2) is 4.98 Å². The van der Waals surface area contributed by atoms with Gasteiger partial charge in [-0.2, -0.15) is 0 Å². The number of anilines is 1. The minimum Gasteiger partial charge on any atom is -0.306 e. The first-order valence-electron chi connectivity index (χ1n) is 6.96. The third-order valence-electron chi connectivity index (χ3n) is 3.91. The van der Waals surface area contributed by atoms with Crippen molar-refractivity contribution in [3.8, 4) is 11.3 Å². The first kappa shape index (κ1) is 14.2. The lowest BCUT2D eigenvalue weighted by atomic mass is 9.79. The second-order valence-corrected chi connectivity index (χ2v) is 6.41. The number of hydrogen-bond donors (Lipinski definition) is 1. The summed E-state index contributed by atoms with van der Waals surface area (Å²) in [5, 5.41) is 5.52. The van der Waals surface area contributed by atoms with Crippen LogP contribution in [-0.2, 0) is 4.79 Å². The van der Waals surface area contributed by atoms with Gasteiger partial charge in [0.1, 0.15) is 0 Å². The Morgan fingerprint density at radius 3 is 2.90 bits per heavy atom. The van der Waals surface area contributed by atoms with Crippen molar-refractivity contribution in [3.05, 3.63) is 29.9 Å². The van der Waals surface area contributed by atoms with E-state index in [2.05, 4.69) is 34.3 Å². The molecular formula is C15H18N4OS. The van der Waals surface area contributed by atoms with E-state index in [-0.39, 0.29) is 11.8 Å². The molecule has 110 valence electrons. The Hall–Kier alpha value is -1.79. The van der Waals surface area contributed by atoms with Gasteiger partial charge in [-0.1, -0.05) is 0 Å². The molecule has 2 aromatic rings. The number of nitrogens with zero attached hydrogens (tertiary/aromatic N) is 3. The van der Waals surface area contributed by atoms with E-state index in [0.29, 0.717) is 11.2 Å². The van der Waals surface area contributed by atoms with Crippen LogP contribution in [0.5, 0.6) is 0 Å². The van der Waals surface area contributed by atoms with Gasteiger partial charge in [0.25, 0.3) is 0 Å². The minimum atomic E-state index is 0.0835. The smallest absolute Gasteiger partial charge is 0.229 e. The summed E-state index contributed by atoms with van der Waals surface area (Å²) in [4.78, 5) is 22.8. The summed E-state index contributed by atoms with van der Waals surface area (Å²) >= 11 is 1.45. The van der Waals surface area contributed by atoms with Crippen LogP contribution in [0.4, 0.5) is 5.13 Å². The number of aromatic nitrogens is 2. The molecule has 0 aromatic carbocycles. The maximum atomic E-state index is 12.1. The van der Waals surface area contributed by atoms with Crippen LogP contribution in [0, 0.1) is 5.92 Å². The summed E-state index contributed by atoms with van der Waals surface area (Å²) in [6.07, 6.45) is 5.37. The molecule has 5 nitrogen and oxygen atoms in total. The standard InChI is InChI=1S/C15H18N4OS/c1-19(2)12-6-11(7-12)14(20)18-15-17-13(9-21-15)10-4-3-5-16-8-10/h3-5,8-9,11-12H,6-7H2,1-2H3,(H,17,18,20). The van der Waals surface area contributed by atoms with Crippen LogP contribution < -0.4 is 5.32 Å². The van der Waals surface area contributed by atoms with Gasteiger partial charge in [0.2, 0.25) is 5.91 Å². The molecule has 1 aliphatic carbocycles. The van der Waals surface area contributed by atoms with Crippen LogP contribution in [0.3, 0.4) is 0 Å². The maximum Gasteiger partial charge on any atom is 0.229 e. The average molecular weight is 302 g/mol. The number of hydrogen-bond acceptors (Lipinski definition) is 5. The van der Waals surface area contributed by atoms with Crippen LogP contribution >= 0.6 is 11.3 Å². The van der Waals surface area contributed by atoms with Gasteiger partial charge in [-0.05, 0) is 39.1 Å². The van der Waals surface area contributed by atoms with E-state index in [1.54, 1.807) is 12.4 Å². The Morgan fingerprint density at radius 2 is 2.24 bits per heavy atom. The zero-order valence-corrected chi connectivity index (χ0v) is 12.9. The first-order chi connectivity index (χ1) is 10.1. The van der Waals surface area contributed by atoms with Crippen molar-refractivity contribution in [2.45, 2.75) is 18.9 Å². The van der Waals surface area contributed by atoms with E-state index >= 15 is 0 Å². The molecule has 0 spiro atoms. The van der Waals surface area contributed by atoms with Crippen LogP contribution in [0.1, 0.15) is 12.8 Å². The summed E-state index contributed by atoms with van der Waals surface area (Å²) in [5.74, 6) is 0.198. The number of carbonyl (C=O) groups is 1. The third kappa shape index (κ3) is 3.11. The molecule has 0 unspecified atom stereocenters. The van der Waals surface area contributed by atoms with Gasteiger partial charge >= 0.3 is 0 Å². The SMILES string of the molecule is CN(C)C1CC(C(=O)Nc2nc(-c3cccnc3)cs2)C1. The van der Waals surface area contributed by atoms with Crippen LogP contribution in [0.2, 0.25) is 0 Å². The Balaban J connectivity index is 1.59. The predicted octanol–water partition coefficient (Wildman–Crippen LogP) is 2.48. The number of pyridine rings is 1. The Labute approximate surface area is 128 Å². The summed E-state index contributed by atoms with van der Waals surface area (Å²) in [5.41, 5.74) is 1.81. The minimum absolute atomic E-state index is 0.0835. The second-order valence-electron chi connectivity index (χ2n) is 5.55. The van der Waals surface area contributed by atoms with Gasteiger partial charge in [0, 0.05) is 35.3 Å². The number of rotatable bonds is 4. The molecule has 6 heteroatoms. The highest BCUT2D eigenvalue weighted by molar-refractivity contribution is 7.14. The molecule has 0 atom stereocenters. The van der Waals surface area contributed by atoms with E-state index in [0.717, 1.165) is 24.1 Å². The largest absolute Gasteiger partial charge is 0.306 e. The quantitative estimate of drug-likeness (QED) is 0.942. The molecule has 21 heavy (non-hydrogen) atoms. The van der Waals surface area contributed by atoms with E-state index in [4.69, 9.17) is 0 Å². The first-order valence-corrected chi connectivity index (χ1v) is 7.84. The van der Waals surface area contributed by atoms with Gasteiger partial charge < -0.3 is 10.2 Å². The maximum absolute atomic E-state index is 12.1. The van der Waals surface area contributed by atoms with Crippen molar-refractivity contribution in [1.29, 1.82) is 0 Å². The van der Waals surface area contributed by atoms with Crippen molar-refractivity contribution in [1.82, 2.24) is 14.9 Å². The van der Waals surface area contributed by atoms with Crippen molar-refractivity contribution >= 4 is 22.4 Å². The molecule has 3 rings (SSSR count). The molecular weight excluding hydrogens is 284 g/mol. The Morgan fingerprint density at radius 1 is 1.43 bits per heavy atom. The van der Waals surface area contributed by atoms with E-state index < -0.39 is 0 Å². The van der Waals surface area contributed by atoms with Crippen molar-refractivity contribution < 1.29 is 4.79 Å². The number of thiazole rings is 1. The normalized spacial score (nSPS) is 21.1. The molecule has 1 N–H and O–H groups in total. The van der Waals surface area contributed by atoms with E-state index in [1.807, 2.05) is 17.5 Å². The van der Waals surface area contributed by atoms with Crippen molar-refractivity contribution in [2.75, 3.05) is 19.4 Å². The third-order valence-corrected chi connectivity index (χ3v) is 4.66. The lowest BCUT2D eigenvalue weighted by Gasteiger charge is -2.38. The van der Waals surface area contributed by atoms with Crippen LogP contribution in [0.25, 0.3) is 11.3 Å². The molecule has 0 bridgehead atoms. The fourth-order valence-corrected chi connectivity index (χ4v) is 3.13. The lowest BCUT2D eigenvalue weighted by Crippen LogP contribution is -2.45. The van der Waals surface area contributed by atoms with Gasteiger partial charge in [0.15, 0.2) is 5.13 Å². The monoisotopic (exact) mass is 302 g/mol. The summed E-state index contributed by atoms with van der Waals surface area (Å²) in [6, 6.07) is 4.37. The zero-order valence-electron chi connectivity index (χ0n) is 12.1. The fraction of sp³-hybridized carbons (Fsp3) is 0.400. The number of amides is 1. The Kier molecular flexibility index (Phi) is 3.98. The zero-order chi connectivity index (χ0) is 14.8. The highest BCUT2D eigenvalue weighted by Crippen LogP contribution is 2.32. The highest BCUT2D eigenvalue weighted by Gasteiger charge is 2.35. The van der Waals surface area contributed by atoms with Crippen molar-refractivity contribution in [3.63, 3.8) is 0 Å². The summed E-state index contributed by atoms with van der Waals surface area (Å²) in [7, 11) is 4.11. The molecule has 0 saturated heterocycles. The van der Waals surface area contributed by atoms with Gasteiger partial charge in [0.05, 0.1) is 5.69 Å². The second kappa shape index (κ2) is 5.91. The van der Waals surface area contributed by atoms with Crippen LogP contribution in [0.15, 0.2) is 29.9 Å². The Bertz CT molecular complexity index is 620. The molecule has 2 heterocycles. The lowest BCUT2D eigenvalue weighted by molar-refractivity contribution is -0.124. The predicted molar refractivity (Wildman–Crippen MR) is 84.2 cm³/mol. The number of nitrogens with one attached hydrogen (secondary N) is 1. The summed E-state index contributed by atoms with van der Waals surface area (Å²) < 4.78 is 0. The molecule has 1 saturated carbocycles. The average Bonchev–Trinajstić information content (AvgIpc) is 2.86. The highest BCUT2D eigenvalue weighted by atomic mass is 32.1. The van der Waals surface area contributed by atoms with Crippen LogP contribution in [-0.4, -0.2) is 40.9 Å². The topological polar surface area (TPSA) is 58.1 Å². The van der Waals surface area contributed by atoms with Gasteiger partial charge in [-0.15, -0.1) is 11.3 Å².